The molecule has 0 unspecified atom stereocenters. The molecule has 0 atom stereocenters. The van der Waals surface area contributed by atoms with E-state index in [0.717, 1.165) is 29.1 Å². The molecule has 3 heterocycles. The summed E-state index contributed by atoms with van der Waals surface area (Å²) in [6.07, 6.45) is 3.38. The highest BCUT2D eigenvalue weighted by atomic mass is 35.5. The van der Waals surface area contributed by atoms with Crippen molar-refractivity contribution in [1.29, 1.82) is 0 Å². The molecule has 172 valence electrons. The maximum atomic E-state index is 12.6. The van der Waals surface area contributed by atoms with E-state index in [-0.39, 0.29) is 17.6 Å². The van der Waals surface area contributed by atoms with Gasteiger partial charge >= 0.3 is 0 Å². The van der Waals surface area contributed by atoms with E-state index < -0.39 is 0 Å². The number of thioether (sulfide) groups is 1. The molecule has 2 amide bonds. The van der Waals surface area contributed by atoms with Crippen LogP contribution >= 0.6 is 46.3 Å². The van der Waals surface area contributed by atoms with Crippen LogP contribution in [-0.2, 0) is 9.59 Å². The summed E-state index contributed by atoms with van der Waals surface area (Å²) >= 11 is 15.1. The van der Waals surface area contributed by atoms with E-state index in [1.807, 2.05) is 28.5 Å². The van der Waals surface area contributed by atoms with E-state index in [1.54, 1.807) is 35.7 Å². The lowest BCUT2D eigenvalue weighted by molar-refractivity contribution is -0.129. The van der Waals surface area contributed by atoms with Crippen molar-refractivity contribution in [2.75, 3.05) is 29.9 Å². The average molecular weight is 521 g/mol. The van der Waals surface area contributed by atoms with Gasteiger partial charge in [0.15, 0.2) is 0 Å². The number of likely N-dealkylation sites (tertiary alicyclic amines) is 1. The van der Waals surface area contributed by atoms with Crippen molar-refractivity contribution >= 4 is 63.9 Å². The Labute approximate surface area is 210 Å². The molecule has 0 spiro atoms. The molecule has 0 aliphatic carbocycles. The highest BCUT2D eigenvalue weighted by Crippen LogP contribution is 2.34. The number of amides is 2. The van der Waals surface area contributed by atoms with E-state index in [1.165, 1.54) is 11.8 Å². The first kappa shape index (κ1) is 24.0. The molecule has 10 heteroatoms. The Hall–Kier alpha value is -2.13. The molecule has 1 aliphatic rings. The fourth-order valence-electron chi connectivity index (χ4n) is 3.58. The summed E-state index contributed by atoms with van der Waals surface area (Å²) in [4.78, 5) is 35.3. The van der Waals surface area contributed by atoms with Crippen LogP contribution < -0.4 is 5.32 Å². The molecule has 4 rings (SSSR count). The summed E-state index contributed by atoms with van der Waals surface area (Å²) in [5, 5.41) is 6.89. The summed E-state index contributed by atoms with van der Waals surface area (Å²) in [7, 11) is 0. The summed E-state index contributed by atoms with van der Waals surface area (Å²) in [5.74, 6) is 1.27. The van der Waals surface area contributed by atoms with Crippen LogP contribution in [0.1, 0.15) is 23.8 Å². The number of rotatable bonds is 7. The Morgan fingerprint density at radius 3 is 2.67 bits per heavy atom. The molecule has 0 radical (unpaired) electrons. The standard InChI is InChI=1S/C23H22Cl2N4O2S2/c24-17-5-4-16(11-18(17)25)19-12-33-23(27-19)15-6-9-29(10-7-15)22(31)14-32-13-21(30)28-20-3-1-2-8-26-20/h1-5,8,11-12,15H,6-7,9-10,13-14H2,(H,26,28,30). The lowest BCUT2D eigenvalue weighted by atomic mass is 9.97. The second kappa shape index (κ2) is 11.3. The second-order valence-corrected chi connectivity index (χ2v) is 10.3. The van der Waals surface area contributed by atoms with Crippen molar-refractivity contribution in [2.45, 2.75) is 18.8 Å². The van der Waals surface area contributed by atoms with E-state index in [2.05, 4.69) is 10.3 Å². The Kier molecular flexibility index (Phi) is 8.25. The number of thiazole rings is 1. The number of carbonyl (C=O) groups excluding carboxylic acids is 2. The van der Waals surface area contributed by atoms with Gasteiger partial charge in [0.25, 0.3) is 0 Å². The van der Waals surface area contributed by atoms with Gasteiger partial charge in [0.1, 0.15) is 5.82 Å². The van der Waals surface area contributed by atoms with Crippen LogP contribution in [0, 0.1) is 0 Å². The largest absolute Gasteiger partial charge is 0.342 e. The molecule has 1 N–H and O–H groups in total. The average Bonchev–Trinajstić information content (AvgIpc) is 3.32. The van der Waals surface area contributed by atoms with Crippen molar-refractivity contribution in [2.24, 2.45) is 0 Å². The van der Waals surface area contributed by atoms with Crippen LogP contribution in [0.3, 0.4) is 0 Å². The number of carbonyl (C=O) groups is 2. The first-order valence-electron chi connectivity index (χ1n) is 10.5. The van der Waals surface area contributed by atoms with Crippen molar-refractivity contribution in [3.63, 3.8) is 0 Å². The molecule has 0 bridgehead atoms. The van der Waals surface area contributed by atoms with E-state index in [0.29, 0.717) is 40.6 Å². The van der Waals surface area contributed by atoms with Gasteiger partial charge in [-0.25, -0.2) is 9.97 Å². The molecule has 1 saturated heterocycles. The van der Waals surface area contributed by atoms with Gasteiger partial charge in [0.2, 0.25) is 11.8 Å². The minimum atomic E-state index is -0.160. The van der Waals surface area contributed by atoms with Gasteiger partial charge in [-0.05, 0) is 37.1 Å². The zero-order valence-corrected chi connectivity index (χ0v) is 20.8. The predicted octanol–water partition coefficient (Wildman–Crippen LogP) is 5.59. The SMILES string of the molecule is O=C(CSCC(=O)N1CCC(c2nc(-c3ccc(Cl)c(Cl)c3)cs2)CC1)Nc1ccccn1. The van der Waals surface area contributed by atoms with Crippen LogP contribution in [0.15, 0.2) is 48.0 Å². The second-order valence-electron chi connectivity index (χ2n) is 7.61. The number of pyridine rings is 1. The minimum absolute atomic E-state index is 0.0692. The Morgan fingerprint density at radius 2 is 1.94 bits per heavy atom. The van der Waals surface area contributed by atoms with Crippen LogP contribution in [-0.4, -0.2) is 51.3 Å². The molecule has 1 aromatic carbocycles. The van der Waals surface area contributed by atoms with Crippen LogP contribution in [0.2, 0.25) is 10.0 Å². The Morgan fingerprint density at radius 1 is 1.12 bits per heavy atom. The number of nitrogens with one attached hydrogen (secondary N) is 1. The zero-order valence-electron chi connectivity index (χ0n) is 17.7. The molecule has 3 aromatic rings. The summed E-state index contributed by atoms with van der Waals surface area (Å²) in [6, 6.07) is 10.9. The topological polar surface area (TPSA) is 75.2 Å². The van der Waals surface area contributed by atoms with E-state index in [9.17, 15) is 9.59 Å². The van der Waals surface area contributed by atoms with Crippen LogP contribution in [0.4, 0.5) is 5.82 Å². The van der Waals surface area contributed by atoms with Gasteiger partial charge < -0.3 is 10.2 Å². The molecular formula is C23H22Cl2N4O2S2. The Balaban J connectivity index is 1.22. The van der Waals surface area contributed by atoms with Gasteiger partial charge in [0, 0.05) is 36.1 Å². The quantitative estimate of drug-likeness (QED) is 0.439. The fourth-order valence-corrected chi connectivity index (χ4v) is 5.59. The number of hydrogen-bond donors (Lipinski definition) is 1. The molecule has 1 fully saturated rings. The van der Waals surface area contributed by atoms with E-state index in [4.69, 9.17) is 28.2 Å². The number of aromatic nitrogens is 2. The van der Waals surface area contributed by atoms with E-state index >= 15 is 0 Å². The fraction of sp³-hybridized carbons (Fsp3) is 0.304. The molecule has 2 aromatic heterocycles. The van der Waals surface area contributed by atoms with Crippen molar-refractivity contribution in [1.82, 2.24) is 14.9 Å². The minimum Gasteiger partial charge on any atom is -0.342 e. The van der Waals surface area contributed by atoms with Crippen LogP contribution in [0.25, 0.3) is 11.3 Å². The molecule has 1 aliphatic heterocycles. The monoisotopic (exact) mass is 520 g/mol. The first-order chi connectivity index (χ1) is 16.0. The number of nitrogens with zero attached hydrogens (tertiary/aromatic N) is 3. The lowest BCUT2D eigenvalue weighted by Gasteiger charge is -2.31. The number of hydrogen-bond acceptors (Lipinski definition) is 6. The molecule has 0 saturated carbocycles. The highest BCUT2D eigenvalue weighted by molar-refractivity contribution is 8.00. The number of halogens is 2. The first-order valence-corrected chi connectivity index (χ1v) is 13.3. The van der Waals surface area contributed by atoms with Gasteiger partial charge in [0.05, 0.1) is 32.3 Å². The molecular weight excluding hydrogens is 499 g/mol. The number of piperidine rings is 1. The maximum Gasteiger partial charge on any atom is 0.235 e. The van der Waals surface area contributed by atoms with Crippen LogP contribution in [0.5, 0.6) is 0 Å². The molecule has 6 nitrogen and oxygen atoms in total. The van der Waals surface area contributed by atoms with Crippen molar-refractivity contribution in [3.05, 3.63) is 63.0 Å². The summed E-state index contributed by atoms with van der Waals surface area (Å²) < 4.78 is 0. The highest BCUT2D eigenvalue weighted by Gasteiger charge is 2.26. The third kappa shape index (κ3) is 6.47. The number of anilines is 1. The van der Waals surface area contributed by atoms with Gasteiger partial charge in [-0.3, -0.25) is 9.59 Å². The van der Waals surface area contributed by atoms with Gasteiger partial charge in [-0.1, -0.05) is 35.3 Å². The molecule has 33 heavy (non-hydrogen) atoms. The third-order valence-corrected chi connectivity index (χ3v) is 7.99. The Bertz CT molecular complexity index is 1120. The third-order valence-electron chi connectivity index (χ3n) is 5.33. The number of benzene rings is 1. The van der Waals surface area contributed by atoms with Gasteiger partial charge in [-0.2, -0.15) is 0 Å². The summed E-state index contributed by atoms with van der Waals surface area (Å²) in [6.45, 7) is 1.40. The zero-order chi connectivity index (χ0) is 23.2. The van der Waals surface area contributed by atoms with Crippen molar-refractivity contribution < 1.29 is 9.59 Å². The van der Waals surface area contributed by atoms with Gasteiger partial charge in [-0.15, -0.1) is 23.1 Å². The lowest BCUT2D eigenvalue weighted by Crippen LogP contribution is -2.39. The maximum absolute atomic E-state index is 12.6. The smallest absolute Gasteiger partial charge is 0.235 e. The normalized spacial score (nSPS) is 14.3. The summed E-state index contributed by atoms with van der Waals surface area (Å²) in [5.41, 5.74) is 1.84. The predicted molar refractivity (Wildman–Crippen MR) is 136 cm³/mol. The van der Waals surface area contributed by atoms with Crippen molar-refractivity contribution in [3.8, 4) is 11.3 Å².